The van der Waals surface area contributed by atoms with Crippen molar-refractivity contribution in [1.29, 1.82) is 0 Å². The molecule has 0 saturated heterocycles. The first-order valence-electron chi connectivity index (χ1n) is 7.18. The van der Waals surface area contributed by atoms with Crippen LogP contribution in [0.3, 0.4) is 0 Å². The molecule has 1 atom stereocenters. The van der Waals surface area contributed by atoms with Crippen molar-refractivity contribution < 1.29 is 0 Å². The van der Waals surface area contributed by atoms with Gasteiger partial charge in [0.1, 0.15) is 0 Å². The second kappa shape index (κ2) is 5.95. The highest BCUT2D eigenvalue weighted by Crippen LogP contribution is 2.35. The zero-order valence-corrected chi connectivity index (χ0v) is 14.5. The van der Waals surface area contributed by atoms with Crippen LogP contribution in [0.5, 0.6) is 0 Å². The molecule has 0 radical (unpaired) electrons. The molecule has 0 bridgehead atoms. The summed E-state index contributed by atoms with van der Waals surface area (Å²) in [6.45, 7) is 7.24. The highest BCUT2D eigenvalue weighted by Gasteiger charge is 2.26. The molecule has 0 unspecified atom stereocenters. The Morgan fingerprint density at radius 1 is 1.32 bits per heavy atom. The van der Waals surface area contributed by atoms with Gasteiger partial charge in [-0.05, 0) is 16.9 Å². The van der Waals surface area contributed by atoms with Gasteiger partial charge >= 0.3 is 0 Å². The van der Waals surface area contributed by atoms with E-state index >= 15 is 0 Å². The number of aromatic nitrogens is 2. The third-order valence-corrected chi connectivity index (χ3v) is 5.23. The van der Waals surface area contributed by atoms with Crippen molar-refractivity contribution in [2.24, 2.45) is 5.41 Å². The van der Waals surface area contributed by atoms with Crippen LogP contribution in [0.15, 0.2) is 40.0 Å². The lowest BCUT2D eigenvalue weighted by Crippen LogP contribution is -2.32. The van der Waals surface area contributed by atoms with Gasteiger partial charge in [0.25, 0.3) is 5.56 Å². The van der Waals surface area contributed by atoms with Crippen LogP contribution in [0.4, 0.5) is 0 Å². The van der Waals surface area contributed by atoms with Gasteiger partial charge in [-0.1, -0.05) is 26.8 Å². The Morgan fingerprint density at radius 2 is 2.14 bits per heavy atom. The lowest BCUT2D eigenvalue weighted by molar-refractivity contribution is 0.274. The minimum absolute atomic E-state index is 0.0218. The van der Waals surface area contributed by atoms with Gasteiger partial charge in [-0.2, -0.15) is 0 Å². The van der Waals surface area contributed by atoms with Crippen molar-refractivity contribution in [3.05, 3.63) is 56.1 Å². The molecule has 0 aliphatic carbocycles. The topological polar surface area (TPSA) is 46.4 Å². The van der Waals surface area contributed by atoms with Gasteiger partial charge in [-0.3, -0.25) is 9.20 Å². The lowest BCUT2D eigenvalue weighted by atomic mass is 9.85. The molecule has 0 saturated carbocycles. The van der Waals surface area contributed by atoms with Gasteiger partial charge in [0.05, 0.1) is 5.69 Å². The highest BCUT2D eigenvalue weighted by molar-refractivity contribution is 7.15. The van der Waals surface area contributed by atoms with Gasteiger partial charge in [0, 0.05) is 35.1 Å². The maximum atomic E-state index is 12.0. The maximum Gasteiger partial charge on any atom is 0.258 e. The molecule has 0 spiro atoms. The van der Waals surface area contributed by atoms with Crippen molar-refractivity contribution in [3.8, 4) is 0 Å². The Labute approximate surface area is 137 Å². The van der Waals surface area contributed by atoms with E-state index in [-0.39, 0.29) is 17.0 Å². The number of fused-ring (bicyclic) bond motifs is 1. The Kier molecular flexibility index (Phi) is 4.16. The Morgan fingerprint density at radius 3 is 2.82 bits per heavy atom. The summed E-state index contributed by atoms with van der Waals surface area (Å²) in [5.74, 6) is 0. The zero-order chi connectivity index (χ0) is 15.7. The van der Waals surface area contributed by atoms with E-state index in [9.17, 15) is 4.79 Å². The summed E-state index contributed by atoms with van der Waals surface area (Å²) < 4.78 is 1.58. The van der Waals surface area contributed by atoms with E-state index in [1.165, 1.54) is 16.2 Å². The Hall–Kier alpha value is -1.50. The molecule has 3 aromatic heterocycles. The quantitative estimate of drug-likeness (QED) is 0.792. The van der Waals surface area contributed by atoms with Crippen molar-refractivity contribution in [1.82, 2.24) is 14.7 Å². The summed E-state index contributed by atoms with van der Waals surface area (Å²) >= 11 is 3.23. The van der Waals surface area contributed by atoms with Gasteiger partial charge in [0.15, 0.2) is 4.96 Å². The number of nitrogens with zero attached hydrogens (tertiary/aromatic N) is 2. The van der Waals surface area contributed by atoms with Gasteiger partial charge < -0.3 is 5.32 Å². The number of thiophene rings is 1. The van der Waals surface area contributed by atoms with Crippen molar-refractivity contribution in [3.63, 3.8) is 0 Å². The SMILES string of the molecule is CC(C)(C)[C@@H](NCc1cc(=O)n2ccsc2n1)c1cccs1. The smallest absolute Gasteiger partial charge is 0.258 e. The predicted octanol–water partition coefficient (Wildman–Crippen LogP) is 3.69. The average Bonchev–Trinajstić information content (AvgIpc) is 3.07. The molecule has 3 aromatic rings. The number of thiazole rings is 1. The van der Waals surface area contributed by atoms with Crippen molar-refractivity contribution >= 4 is 27.6 Å². The summed E-state index contributed by atoms with van der Waals surface area (Å²) in [7, 11) is 0. The van der Waals surface area contributed by atoms with Gasteiger partial charge in [0.2, 0.25) is 0 Å². The predicted molar refractivity (Wildman–Crippen MR) is 92.7 cm³/mol. The first kappa shape index (κ1) is 15.4. The van der Waals surface area contributed by atoms with Crippen LogP contribution < -0.4 is 10.9 Å². The third kappa shape index (κ3) is 3.14. The van der Waals surface area contributed by atoms with E-state index in [1.54, 1.807) is 28.0 Å². The second-order valence-corrected chi connectivity index (χ2v) is 8.19. The lowest BCUT2D eigenvalue weighted by Gasteiger charge is -2.31. The van der Waals surface area contributed by atoms with Gasteiger partial charge in [-0.25, -0.2) is 4.98 Å². The van der Waals surface area contributed by atoms with E-state index in [4.69, 9.17) is 0 Å². The molecule has 6 heteroatoms. The molecule has 0 aliphatic heterocycles. The molecule has 116 valence electrons. The fourth-order valence-corrected chi connectivity index (χ4v) is 4.26. The van der Waals surface area contributed by atoms with Crippen LogP contribution in [0, 0.1) is 5.41 Å². The number of nitrogens with one attached hydrogen (secondary N) is 1. The summed E-state index contributed by atoms with van der Waals surface area (Å²) in [4.78, 5) is 18.6. The summed E-state index contributed by atoms with van der Waals surface area (Å²) in [6, 6.07) is 6.07. The molecule has 0 amide bonds. The first-order valence-corrected chi connectivity index (χ1v) is 8.93. The monoisotopic (exact) mass is 333 g/mol. The van der Waals surface area contributed by atoms with Crippen LogP contribution in [0.25, 0.3) is 4.96 Å². The molecule has 3 rings (SSSR count). The standard InChI is InChI=1S/C16H19N3OS2/c1-16(2,3)14(12-5-4-7-21-12)17-10-11-9-13(20)19-6-8-22-15(19)18-11/h4-9,14,17H,10H2,1-3H3/t14-/m0/s1. The molecule has 0 fully saturated rings. The third-order valence-electron chi connectivity index (χ3n) is 3.54. The summed E-state index contributed by atoms with van der Waals surface area (Å²) in [5.41, 5.74) is 0.858. The van der Waals surface area contributed by atoms with Crippen LogP contribution >= 0.6 is 22.7 Å². The molecule has 1 N–H and O–H groups in total. The minimum atomic E-state index is -0.0218. The second-order valence-electron chi connectivity index (χ2n) is 6.34. The largest absolute Gasteiger partial charge is 0.303 e. The van der Waals surface area contributed by atoms with E-state index in [0.717, 1.165) is 10.7 Å². The normalized spacial score (nSPS) is 13.6. The number of hydrogen-bond donors (Lipinski definition) is 1. The van der Waals surface area contributed by atoms with E-state index < -0.39 is 0 Å². The van der Waals surface area contributed by atoms with Crippen molar-refractivity contribution in [2.75, 3.05) is 0 Å². The molecular weight excluding hydrogens is 314 g/mol. The summed E-state index contributed by atoms with van der Waals surface area (Å²) in [5, 5.41) is 7.54. The molecule has 22 heavy (non-hydrogen) atoms. The molecule has 0 aromatic carbocycles. The Balaban J connectivity index is 1.83. The highest BCUT2D eigenvalue weighted by atomic mass is 32.1. The molecule has 3 heterocycles. The van der Waals surface area contributed by atoms with E-state index in [1.807, 2.05) is 5.38 Å². The number of hydrogen-bond acceptors (Lipinski definition) is 5. The van der Waals surface area contributed by atoms with Crippen LogP contribution in [0.1, 0.15) is 37.4 Å². The fourth-order valence-electron chi connectivity index (χ4n) is 2.47. The summed E-state index contributed by atoms with van der Waals surface area (Å²) in [6.07, 6.45) is 1.76. The number of rotatable bonds is 4. The molecule has 0 aliphatic rings. The van der Waals surface area contributed by atoms with Gasteiger partial charge in [-0.15, -0.1) is 22.7 Å². The van der Waals surface area contributed by atoms with E-state index in [2.05, 4.69) is 48.6 Å². The zero-order valence-electron chi connectivity index (χ0n) is 12.9. The Bertz CT molecular complexity index is 812. The fraction of sp³-hybridized carbons (Fsp3) is 0.375. The van der Waals surface area contributed by atoms with Crippen LogP contribution in [-0.4, -0.2) is 9.38 Å². The van der Waals surface area contributed by atoms with Crippen LogP contribution in [-0.2, 0) is 6.54 Å². The maximum absolute atomic E-state index is 12.0. The van der Waals surface area contributed by atoms with Crippen LogP contribution in [0.2, 0.25) is 0 Å². The minimum Gasteiger partial charge on any atom is -0.303 e. The average molecular weight is 333 g/mol. The van der Waals surface area contributed by atoms with Crippen molar-refractivity contribution in [2.45, 2.75) is 33.4 Å². The first-order chi connectivity index (χ1) is 10.4. The van der Waals surface area contributed by atoms with E-state index in [0.29, 0.717) is 6.54 Å². The molecular formula is C16H19N3OS2. The molecule has 4 nitrogen and oxygen atoms in total.